The summed E-state index contributed by atoms with van der Waals surface area (Å²) >= 11 is 0. The van der Waals surface area contributed by atoms with E-state index in [2.05, 4.69) is 10.6 Å². The van der Waals surface area contributed by atoms with Gasteiger partial charge in [-0.1, -0.05) is 12.2 Å². The van der Waals surface area contributed by atoms with E-state index >= 15 is 0 Å². The third-order valence-corrected chi connectivity index (χ3v) is 3.35. The molecule has 1 atom stereocenters. The van der Waals surface area contributed by atoms with Crippen molar-refractivity contribution >= 4 is 11.9 Å². The minimum absolute atomic E-state index is 0.0270. The van der Waals surface area contributed by atoms with Gasteiger partial charge in [-0.25, -0.2) is 0 Å². The van der Waals surface area contributed by atoms with Crippen LogP contribution in [0.5, 0.6) is 0 Å². The SMILES string of the molecule is N=C(NC(=N)N1CCCCC1)NC1C=CC=C(N)C1. The molecule has 1 fully saturated rings. The Labute approximate surface area is 113 Å². The van der Waals surface area contributed by atoms with Crippen molar-refractivity contribution in [2.45, 2.75) is 31.7 Å². The number of allylic oxidation sites excluding steroid dienone is 2. The molecule has 0 spiro atoms. The molecule has 0 amide bonds. The molecule has 1 aliphatic heterocycles. The van der Waals surface area contributed by atoms with Crippen LogP contribution in [-0.4, -0.2) is 36.0 Å². The second-order valence-electron chi connectivity index (χ2n) is 4.98. The Kier molecular flexibility index (Phi) is 4.43. The molecule has 1 aliphatic carbocycles. The Balaban J connectivity index is 1.76. The van der Waals surface area contributed by atoms with Crippen LogP contribution < -0.4 is 16.4 Å². The summed E-state index contributed by atoms with van der Waals surface area (Å²) in [5, 5.41) is 21.6. The molecular formula is C13H22N6. The van der Waals surface area contributed by atoms with E-state index in [1.165, 1.54) is 6.42 Å². The van der Waals surface area contributed by atoms with Gasteiger partial charge in [0, 0.05) is 25.2 Å². The topological polar surface area (TPSA) is 101 Å². The van der Waals surface area contributed by atoms with E-state index in [0.29, 0.717) is 12.4 Å². The number of nitrogens with zero attached hydrogens (tertiary/aromatic N) is 1. The molecule has 1 unspecified atom stereocenters. The van der Waals surface area contributed by atoms with Crippen molar-refractivity contribution in [2.24, 2.45) is 5.73 Å². The minimum Gasteiger partial charge on any atom is -0.402 e. The van der Waals surface area contributed by atoms with E-state index in [9.17, 15) is 0 Å². The number of hydrogen-bond acceptors (Lipinski definition) is 3. The lowest BCUT2D eigenvalue weighted by Crippen LogP contribution is -2.51. The molecule has 6 nitrogen and oxygen atoms in total. The molecule has 0 aromatic rings. The van der Waals surface area contributed by atoms with E-state index in [-0.39, 0.29) is 12.0 Å². The number of nitrogens with one attached hydrogen (secondary N) is 4. The number of hydrogen-bond donors (Lipinski definition) is 5. The monoisotopic (exact) mass is 262 g/mol. The van der Waals surface area contributed by atoms with Gasteiger partial charge in [0.15, 0.2) is 11.9 Å². The molecule has 6 N–H and O–H groups in total. The van der Waals surface area contributed by atoms with Crippen LogP contribution in [0.3, 0.4) is 0 Å². The molecule has 1 saturated heterocycles. The van der Waals surface area contributed by atoms with Crippen LogP contribution in [0.4, 0.5) is 0 Å². The van der Waals surface area contributed by atoms with Gasteiger partial charge >= 0.3 is 0 Å². The van der Waals surface area contributed by atoms with Crippen molar-refractivity contribution in [3.8, 4) is 0 Å². The minimum atomic E-state index is 0.0270. The normalized spacial score (nSPS) is 22.6. The Hall–Kier alpha value is -1.98. The largest absolute Gasteiger partial charge is 0.402 e. The quantitative estimate of drug-likeness (QED) is 0.354. The third kappa shape index (κ3) is 4.01. The zero-order valence-corrected chi connectivity index (χ0v) is 11.1. The molecule has 2 rings (SSSR count). The first-order chi connectivity index (χ1) is 9.15. The van der Waals surface area contributed by atoms with E-state index in [1.54, 1.807) is 0 Å². The standard InChI is InChI=1S/C13H22N6/c14-10-5-4-6-11(9-10)17-12(15)18-13(16)19-7-2-1-3-8-19/h4-6,11H,1-3,7-9,14H2,(H4,15,16,17,18). The summed E-state index contributed by atoms with van der Waals surface area (Å²) in [5.41, 5.74) is 6.55. The average molecular weight is 262 g/mol. The van der Waals surface area contributed by atoms with Crippen LogP contribution in [-0.2, 0) is 0 Å². The second-order valence-corrected chi connectivity index (χ2v) is 4.98. The van der Waals surface area contributed by atoms with Gasteiger partial charge in [0.2, 0.25) is 0 Å². The lowest BCUT2D eigenvalue weighted by molar-refractivity contribution is 0.334. The summed E-state index contributed by atoms with van der Waals surface area (Å²) < 4.78 is 0. The number of nitrogens with two attached hydrogens (primary N) is 1. The van der Waals surface area contributed by atoms with Crippen LogP contribution in [0, 0.1) is 10.8 Å². The third-order valence-electron chi connectivity index (χ3n) is 3.35. The molecule has 6 heteroatoms. The molecular weight excluding hydrogens is 240 g/mol. The van der Waals surface area contributed by atoms with Crippen molar-refractivity contribution in [3.05, 3.63) is 23.9 Å². The number of rotatable bonds is 1. The maximum Gasteiger partial charge on any atom is 0.197 e. The van der Waals surface area contributed by atoms with Crippen molar-refractivity contribution in [3.63, 3.8) is 0 Å². The molecule has 0 saturated carbocycles. The highest BCUT2D eigenvalue weighted by atomic mass is 15.3. The predicted octanol–water partition coefficient (Wildman–Crippen LogP) is 0.692. The molecule has 0 aromatic heterocycles. The highest BCUT2D eigenvalue weighted by Crippen LogP contribution is 2.08. The molecule has 0 aromatic carbocycles. The predicted molar refractivity (Wildman–Crippen MR) is 77.0 cm³/mol. The van der Waals surface area contributed by atoms with Crippen molar-refractivity contribution in [1.82, 2.24) is 15.5 Å². The summed E-state index contributed by atoms with van der Waals surface area (Å²) in [6, 6.07) is 0.0270. The first kappa shape index (κ1) is 13.5. The fourth-order valence-corrected chi connectivity index (χ4v) is 2.34. The molecule has 2 aliphatic rings. The number of piperidine rings is 1. The first-order valence-electron chi connectivity index (χ1n) is 6.73. The van der Waals surface area contributed by atoms with Gasteiger partial charge in [-0.05, 0) is 25.3 Å². The second kappa shape index (κ2) is 6.26. The Morgan fingerprint density at radius 2 is 2.00 bits per heavy atom. The van der Waals surface area contributed by atoms with Gasteiger partial charge in [0.05, 0.1) is 6.04 Å². The van der Waals surface area contributed by atoms with Gasteiger partial charge < -0.3 is 16.0 Å². The summed E-state index contributed by atoms with van der Waals surface area (Å²) in [5.74, 6) is 0.459. The molecule has 1 heterocycles. The Morgan fingerprint density at radius 3 is 2.68 bits per heavy atom. The van der Waals surface area contributed by atoms with Crippen molar-refractivity contribution < 1.29 is 0 Å². The average Bonchev–Trinajstić information content (AvgIpc) is 2.39. The van der Waals surface area contributed by atoms with E-state index in [0.717, 1.165) is 31.6 Å². The van der Waals surface area contributed by atoms with E-state index in [1.807, 2.05) is 23.1 Å². The zero-order valence-electron chi connectivity index (χ0n) is 11.1. The maximum absolute atomic E-state index is 7.95. The molecule has 0 bridgehead atoms. The highest BCUT2D eigenvalue weighted by molar-refractivity contribution is 5.95. The van der Waals surface area contributed by atoms with Crippen LogP contribution >= 0.6 is 0 Å². The Bertz CT molecular complexity index is 405. The van der Waals surface area contributed by atoms with Gasteiger partial charge in [-0.2, -0.15) is 0 Å². The maximum atomic E-state index is 7.95. The molecule has 19 heavy (non-hydrogen) atoms. The summed E-state index contributed by atoms with van der Waals surface area (Å²) in [6.45, 7) is 1.80. The molecule has 0 radical (unpaired) electrons. The fourth-order valence-electron chi connectivity index (χ4n) is 2.34. The lowest BCUT2D eigenvalue weighted by atomic mass is 10.1. The number of guanidine groups is 2. The highest BCUT2D eigenvalue weighted by Gasteiger charge is 2.16. The van der Waals surface area contributed by atoms with E-state index < -0.39 is 0 Å². The zero-order chi connectivity index (χ0) is 13.7. The van der Waals surface area contributed by atoms with Gasteiger partial charge in [0.1, 0.15) is 0 Å². The van der Waals surface area contributed by atoms with Crippen LogP contribution in [0.1, 0.15) is 25.7 Å². The summed E-state index contributed by atoms with van der Waals surface area (Å²) in [7, 11) is 0. The van der Waals surface area contributed by atoms with Crippen LogP contribution in [0.25, 0.3) is 0 Å². The number of likely N-dealkylation sites (tertiary alicyclic amines) is 1. The fraction of sp³-hybridized carbons (Fsp3) is 0.538. The Morgan fingerprint density at radius 1 is 1.26 bits per heavy atom. The van der Waals surface area contributed by atoms with E-state index in [4.69, 9.17) is 16.6 Å². The van der Waals surface area contributed by atoms with Crippen LogP contribution in [0.2, 0.25) is 0 Å². The molecule has 104 valence electrons. The van der Waals surface area contributed by atoms with Crippen LogP contribution in [0.15, 0.2) is 23.9 Å². The van der Waals surface area contributed by atoms with Crippen molar-refractivity contribution in [1.29, 1.82) is 10.8 Å². The van der Waals surface area contributed by atoms with Crippen molar-refractivity contribution in [2.75, 3.05) is 13.1 Å². The van der Waals surface area contributed by atoms with Gasteiger partial charge in [-0.15, -0.1) is 0 Å². The van der Waals surface area contributed by atoms with Gasteiger partial charge in [0.25, 0.3) is 0 Å². The lowest BCUT2D eigenvalue weighted by Gasteiger charge is -2.29. The summed E-state index contributed by atoms with van der Waals surface area (Å²) in [6.07, 6.45) is 9.90. The van der Waals surface area contributed by atoms with Gasteiger partial charge in [-0.3, -0.25) is 16.1 Å². The summed E-state index contributed by atoms with van der Waals surface area (Å²) in [4.78, 5) is 1.98. The smallest absolute Gasteiger partial charge is 0.197 e. The first-order valence-corrected chi connectivity index (χ1v) is 6.73.